The van der Waals surface area contributed by atoms with Crippen molar-refractivity contribution < 1.29 is 23.5 Å². The number of amides is 2. The number of ether oxygens (including phenoxy) is 2. The Kier molecular flexibility index (Phi) is 5.36. The number of fused-ring (bicyclic) bond motifs is 2. The number of alkyl halides is 1. The maximum absolute atomic E-state index is 13.2. The van der Waals surface area contributed by atoms with Crippen LogP contribution in [0.4, 0.5) is 4.39 Å². The van der Waals surface area contributed by atoms with E-state index < -0.39 is 12.2 Å². The summed E-state index contributed by atoms with van der Waals surface area (Å²) in [5, 5.41) is 2.85. The van der Waals surface area contributed by atoms with Crippen molar-refractivity contribution in [3.05, 3.63) is 47.7 Å². The van der Waals surface area contributed by atoms with Crippen LogP contribution in [0.5, 0.6) is 5.88 Å². The molecule has 2 amide bonds. The topological polar surface area (TPSA) is 98.1 Å². The van der Waals surface area contributed by atoms with Crippen LogP contribution in [0, 0.1) is 0 Å². The molecule has 2 atom stereocenters. The number of imidazole rings is 1. The summed E-state index contributed by atoms with van der Waals surface area (Å²) in [4.78, 5) is 35.0. The first-order valence-electron chi connectivity index (χ1n) is 12.2. The number of nitrogens with zero attached hydrogens (tertiary/aromatic N) is 4. The highest BCUT2D eigenvalue weighted by molar-refractivity contribution is 5.97. The molecule has 2 saturated heterocycles. The predicted molar refractivity (Wildman–Crippen MR) is 123 cm³/mol. The molecule has 10 heteroatoms. The van der Waals surface area contributed by atoms with Crippen LogP contribution >= 0.6 is 0 Å². The molecule has 2 unspecified atom stereocenters. The molecule has 0 radical (unpaired) electrons. The fraction of sp³-hybridized carbons (Fsp3) is 0.520. The molecule has 3 aliphatic carbocycles. The van der Waals surface area contributed by atoms with E-state index in [0.29, 0.717) is 42.6 Å². The lowest BCUT2D eigenvalue weighted by molar-refractivity contribution is -0.116. The Balaban J connectivity index is 1.23. The van der Waals surface area contributed by atoms with Gasteiger partial charge in [-0.1, -0.05) is 0 Å². The fourth-order valence-electron chi connectivity index (χ4n) is 4.92. The highest BCUT2D eigenvalue weighted by Gasteiger charge is 2.54. The van der Waals surface area contributed by atoms with Crippen molar-refractivity contribution in [3.8, 4) is 5.88 Å². The third kappa shape index (κ3) is 4.09. The Bertz CT molecular complexity index is 1220. The third-order valence-corrected chi connectivity index (χ3v) is 7.46. The fourth-order valence-corrected chi connectivity index (χ4v) is 4.92. The van der Waals surface area contributed by atoms with Crippen LogP contribution in [-0.2, 0) is 14.9 Å². The number of carbonyl (C=O) groups is 2. The number of nitrogens with one attached hydrogen (secondary N) is 1. The quantitative estimate of drug-likeness (QED) is 0.437. The molecule has 7 rings (SSSR count). The minimum Gasteiger partial charge on any atom is -0.474 e. The Morgan fingerprint density at radius 2 is 2.14 bits per heavy atom. The van der Waals surface area contributed by atoms with E-state index in [4.69, 9.17) is 14.5 Å². The summed E-state index contributed by atoms with van der Waals surface area (Å²) in [6, 6.07) is -0.391. The minimum atomic E-state index is -0.971. The first-order chi connectivity index (χ1) is 16.9. The minimum absolute atomic E-state index is 0.0422. The number of rotatable bonds is 9. The molecule has 9 nitrogen and oxygen atoms in total. The monoisotopic (exact) mass is 481 g/mol. The van der Waals surface area contributed by atoms with Crippen molar-refractivity contribution in [3.63, 3.8) is 0 Å². The van der Waals surface area contributed by atoms with Crippen molar-refractivity contribution in [1.82, 2.24) is 24.6 Å². The Morgan fingerprint density at radius 3 is 2.77 bits per heavy atom. The van der Waals surface area contributed by atoms with Crippen LogP contribution in [0.15, 0.2) is 36.4 Å². The lowest BCUT2D eigenvalue weighted by Crippen LogP contribution is -2.37. The van der Waals surface area contributed by atoms with Gasteiger partial charge < -0.3 is 19.7 Å². The average molecular weight is 482 g/mol. The Labute approximate surface area is 202 Å². The molecule has 2 bridgehead atoms. The molecule has 2 aromatic heterocycles. The van der Waals surface area contributed by atoms with E-state index in [9.17, 15) is 14.0 Å². The van der Waals surface area contributed by atoms with E-state index >= 15 is 0 Å². The molecule has 5 aliphatic rings. The lowest BCUT2D eigenvalue weighted by atomic mass is 9.68. The second kappa shape index (κ2) is 8.44. The van der Waals surface area contributed by atoms with E-state index in [2.05, 4.69) is 10.3 Å². The van der Waals surface area contributed by atoms with E-state index in [-0.39, 0.29) is 23.3 Å². The van der Waals surface area contributed by atoms with Crippen molar-refractivity contribution in [2.75, 3.05) is 6.61 Å². The van der Waals surface area contributed by atoms with Crippen LogP contribution in [0.25, 0.3) is 5.78 Å². The van der Waals surface area contributed by atoms with Crippen LogP contribution in [0.3, 0.4) is 0 Å². The molecule has 2 aliphatic heterocycles. The molecule has 1 N–H and O–H groups in total. The summed E-state index contributed by atoms with van der Waals surface area (Å²) in [6.07, 6.45) is 13.7. The zero-order valence-corrected chi connectivity index (χ0v) is 19.5. The van der Waals surface area contributed by atoms with Crippen molar-refractivity contribution in [2.45, 2.75) is 75.3 Å². The number of hydrogen-bond acceptors (Lipinski definition) is 6. The van der Waals surface area contributed by atoms with Gasteiger partial charge in [0.25, 0.3) is 5.91 Å². The van der Waals surface area contributed by atoms with Gasteiger partial charge in [-0.15, -0.1) is 0 Å². The number of allylic oxidation sites excluding steroid dienone is 3. The third-order valence-electron chi connectivity index (χ3n) is 7.46. The zero-order valence-electron chi connectivity index (χ0n) is 19.5. The second-order valence-electron chi connectivity index (χ2n) is 10.1. The Hall–Kier alpha value is -3.27. The summed E-state index contributed by atoms with van der Waals surface area (Å²) in [5.41, 5.74) is 1.79. The summed E-state index contributed by atoms with van der Waals surface area (Å²) in [7, 11) is 0. The number of hydrogen-bond donors (Lipinski definition) is 1. The average Bonchev–Trinajstić information content (AvgIpc) is 3.16. The van der Waals surface area contributed by atoms with Gasteiger partial charge in [0.15, 0.2) is 0 Å². The van der Waals surface area contributed by atoms with Crippen LogP contribution in [-0.4, -0.2) is 62.6 Å². The van der Waals surface area contributed by atoms with Crippen molar-refractivity contribution in [2.24, 2.45) is 0 Å². The zero-order chi connectivity index (χ0) is 24.2. The predicted octanol–water partition coefficient (Wildman–Crippen LogP) is 2.81. The highest BCUT2D eigenvalue weighted by Crippen LogP contribution is 2.51. The lowest BCUT2D eigenvalue weighted by Gasteiger charge is -2.33. The molecule has 4 heterocycles. The van der Waals surface area contributed by atoms with E-state index in [0.717, 1.165) is 37.8 Å². The largest absolute Gasteiger partial charge is 0.474 e. The summed E-state index contributed by atoms with van der Waals surface area (Å²) < 4.78 is 26.8. The molecule has 184 valence electrons. The number of halogens is 1. The van der Waals surface area contributed by atoms with Gasteiger partial charge in [0.05, 0.1) is 24.4 Å². The van der Waals surface area contributed by atoms with Gasteiger partial charge in [-0.25, -0.2) is 9.37 Å². The number of aromatic nitrogens is 3. The molecular formula is C25H28FN5O4. The van der Waals surface area contributed by atoms with Gasteiger partial charge in [-0.3, -0.25) is 14.0 Å². The summed E-state index contributed by atoms with van der Waals surface area (Å²) in [5.74, 6) is 0.433. The maximum atomic E-state index is 13.2. The van der Waals surface area contributed by atoms with Crippen LogP contribution < -0.4 is 10.1 Å². The molecule has 0 spiro atoms. The molecule has 2 aromatic rings. The summed E-state index contributed by atoms with van der Waals surface area (Å²) in [6.45, 7) is 2.41. The van der Waals surface area contributed by atoms with E-state index in [1.165, 1.54) is 11.1 Å². The van der Waals surface area contributed by atoms with Gasteiger partial charge in [-0.2, -0.15) is 4.98 Å². The van der Waals surface area contributed by atoms with E-state index in [1.54, 1.807) is 29.7 Å². The standard InChI is InChI=1S/C25H28FN5O4/c1-15(4-3-7-30(14-32)20-8-19(20)26)27-22(33)18-11-31-12-21(25-9-17(10-25)34-13-25)28-24(31)29-23(18)35-16-5-2-6-16/h3-4,7,11-12,14,16-17,19-20H,2,5-6,8-10,13H2,1H3,(H,27,33)/b7-3-,15-4+. The molecule has 5 fully saturated rings. The van der Waals surface area contributed by atoms with Crippen molar-refractivity contribution in [1.29, 1.82) is 0 Å². The smallest absolute Gasteiger partial charge is 0.262 e. The maximum Gasteiger partial charge on any atom is 0.262 e. The molecular weight excluding hydrogens is 453 g/mol. The van der Waals surface area contributed by atoms with Gasteiger partial charge in [0.2, 0.25) is 18.1 Å². The second-order valence-corrected chi connectivity index (χ2v) is 10.1. The van der Waals surface area contributed by atoms with E-state index in [1.807, 2.05) is 6.20 Å². The SMILES string of the molecule is C/C(=C\C=C/N(C=O)C1CC1F)NC(=O)c1cn2cc(C34COC(C3)C4)nc2nc1OC1CCC1. The molecule has 3 saturated carbocycles. The first-order valence-corrected chi connectivity index (χ1v) is 12.2. The van der Waals surface area contributed by atoms with Gasteiger partial charge in [0, 0.05) is 36.1 Å². The van der Waals surface area contributed by atoms with Crippen LogP contribution in [0.2, 0.25) is 0 Å². The Morgan fingerprint density at radius 1 is 1.34 bits per heavy atom. The highest BCUT2D eigenvalue weighted by atomic mass is 19.1. The normalized spacial score (nSPS) is 29.7. The van der Waals surface area contributed by atoms with Gasteiger partial charge in [-0.05, 0) is 51.2 Å². The van der Waals surface area contributed by atoms with Gasteiger partial charge in [0.1, 0.15) is 17.8 Å². The van der Waals surface area contributed by atoms with Crippen molar-refractivity contribution >= 4 is 18.1 Å². The number of carbonyl (C=O) groups excluding carboxylic acids is 2. The van der Waals surface area contributed by atoms with Crippen LogP contribution in [0.1, 0.15) is 61.5 Å². The molecule has 0 aromatic carbocycles. The molecule has 35 heavy (non-hydrogen) atoms. The first kappa shape index (κ1) is 22.2. The van der Waals surface area contributed by atoms with Gasteiger partial charge >= 0.3 is 0 Å². The summed E-state index contributed by atoms with van der Waals surface area (Å²) >= 11 is 0.